The van der Waals surface area contributed by atoms with E-state index >= 15 is 0 Å². The van der Waals surface area contributed by atoms with Gasteiger partial charge in [-0.1, -0.05) is 144 Å². The Morgan fingerprint density at radius 2 is 0.915 bits per heavy atom. The first-order valence-corrected chi connectivity index (χ1v) is 18.4. The van der Waals surface area contributed by atoms with Crippen molar-refractivity contribution >= 4 is 82.9 Å². The molecule has 0 bridgehead atoms. The van der Waals surface area contributed by atoms with Gasteiger partial charge in [0.1, 0.15) is 0 Å². The number of halogens is 3. The number of fused-ring (bicyclic) bond motifs is 4. The van der Waals surface area contributed by atoms with Gasteiger partial charge in [0.15, 0.2) is 0 Å². The van der Waals surface area contributed by atoms with E-state index in [2.05, 4.69) is 226 Å². The lowest BCUT2D eigenvalue weighted by Crippen LogP contribution is -2.30. The SMILES string of the molecule is Brc1cccc(I)c1.CC1(C)c2ccccc2N(c2cccc(Br)c2)c2ccccc21.CC1(C)c2ccccc2Nc2ccccc21. The molecule has 2 nitrogen and oxygen atoms in total. The maximum absolute atomic E-state index is 3.60. The van der Waals surface area contributed by atoms with E-state index in [0.29, 0.717) is 0 Å². The fraction of sp³-hybridized carbons (Fsp3) is 0.143. The van der Waals surface area contributed by atoms with Crippen molar-refractivity contribution in [3.05, 3.63) is 180 Å². The summed E-state index contributed by atoms with van der Waals surface area (Å²) in [5, 5.41) is 3.50. The van der Waals surface area contributed by atoms with Gasteiger partial charge in [0, 0.05) is 40.4 Å². The van der Waals surface area contributed by atoms with Crippen LogP contribution in [0.2, 0.25) is 0 Å². The maximum atomic E-state index is 3.60. The molecule has 47 heavy (non-hydrogen) atoms. The minimum Gasteiger partial charge on any atom is -0.355 e. The third kappa shape index (κ3) is 6.94. The van der Waals surface area contributed by atoms with Crippen LogP contribution in [0.25, 0.3) is 0 Å². The van der Waals surface area contributed by atoms with Crippen LogP contribution in [0.5, 0.6) is 0 Å². The topological polar surface area (TPSA) is 15.3 Å². The predicted molar refractivity (Wildman–Crippen MR) is 216 cm³/mol. The average Bonchev–Trinajstić information content (AvgIpc) is 3.06. The number of anilines is 5. The largest absolute Gasteiger partial charge is 0.355 e. The molecular formula is C42H37Br2IN2. The average molecular weight is 856 g/mol. The highest BCUT2D eigenvalue weighted by Crippen LogP contribution is 2.51. The Kier molecular flexibility index (Phi) is 9.98. The van der Waals surface area contributed by atoms with Crippen molar-refractivity contribution in [2.24, 2.45) is 0 Å². The molecule has 2 aliphatic rings. The van der Waals surface area contributed by atoms with Crippen molar-refractivity contribution in [3.63, 3.8) is 0 Å². The summed E-state index contributed by atoms with van der Waals surface area (Å²) in [7, 11) is 0. The molecule has 0 saturated heterocycles. The van der Waals surface area contributed by atoms with E-state index in [0.717, 1.165) is 8.95 Å². The summed E-state index contributed by atoms with van der Waals surface area (Å²) >= 11 is 9.24. The molecule has 0 fully saturated rings. The lowest BCUT2D eigenvalue weighted by Gasteiger charge is -2.42. The van der Waals surface area contributed by atoms with Gasteiger partial charge in [0.25, 0.3) is 0 Å². The summed E-state index contributed by atoms with van der Waals surface area (Å²) in [6.45, 7) is 9.18. The Morgan fingerprint density at radius 3 is 1.38 bits per heavy atom. The highest BCUT2D eigenvalue weighted by Gasteiger charge is 2.36. The van der Waals surface area contributed by atoms with Crippen LogP contribution in [-0.2, 0) is 10.8 Å². The van der Waals surface area contributed by atoms with Crippen molar-refractivity contribution in [2.45, 2.75) is 38.5 Å². The smallest absolute Gasteiger partial charge is 0.0502 e. The van der Waals surface area contributed by atoms with Crippen LogP contribution in [0.1, 0.15) is 49.9 Å². The van der Waals surface area contributed by atoms with E-state index in [1.54, 1.807) is 0 Å². The summed E-state index contributed by atoms with van der Waals surface area (Å²) in [4.78, 5) is 2.36. The van der Waals surface area contributed by atoms with Crippen LogP contribution < -0.4 is 10.2 Å². The van der Waals surface area contributed by atoms with Crippen LogP contribution in [0, 0.1) is 3.57 Å². The molecule has 2 aliphatic heterocycles. The van der Waals surface area contributed by atoms with Crippen LogP contribution in [-0.4, -0.2) is 0 Å². The molecule has 6 aromatic carbocycles. The molecule has 0 radical (unpaired) electrons. The van der Waals surface area contributed by atoms with Gasteiger partial charge in [-0.05, 0) is 106 Å². The van der Waals surface area contributed by atoms with Gasteiger partial charge in [0.05, 0.1) is 11.4 Å². The molecule has 0 unspecified atom stereocenters. The van der Waals surface area contributed by atoms with Crippen LogP contribution in [0.4, 0.5) is 28.4 Å². The molecule has 0 aromatic heterocycles. The predicted octanol–water partition coefficient (Wildman–Crippen LogP) is 13.7. The Hall–Kier alpha value is -3.39. The minimum atomic E-state index is -0.00427. The Morgan fingerprint density at radius 1 is 0.489 bits per heavy atom. The van der Waals surface area contributed by atoms with Gasteiger partial charge < -0.3 is 10.2 Å². The van der Waals surface area contributed by atoms with Crippen molar-refractivity contribution in [2.75, 3.05) is 10.2 Å². The number of para-hydroxylation sites is 4. The number of nitrogens with one attached hydrogen (secondary N) is 1. The van der Waals surface area contributed by atoms with E-state index in [1.165, 1.54) is 54.3 Å². The summed E-state index contributed by atoms with van der Waals surface area (Å²) in [6.07, 6.45) is 0. The summed E-state index contributed by atoms with van der Waals surface area (Å²) in [5.41, 5.74) is 11.7. The second-order valence-corrected chi connectivity index (χ2v) is 15.8. The number of hydrogen-bond acceptors (Lipinski definition) is 2. The normalized spacial score (nSPS) is 14.3. The van der Waals surface area contributed by atoms with E-state index in [-0.39, 0.29) is 10.8 Å². The Bertz CT molecular complexity index is 1920. The first kappa shape index (κ1) is 33.5. The molecule has 0 atom stereocenters. The number of hydrogen-bond donors (Lipinski definition) is 1. The fourth-order valence-corrected chi connectivity index (χ4v) is 8.34. The Labute approximate surface area is 309 Å². The van der Waals surface area contributed by atoms with Crippen molar-refractivity contribution < 1.29 is 0 Å². The summed E-state index contributed by atoms with van der Waals surface area (Å²) < 4.78 is 3.50. The minimum absolute atomic E-state index is 0.00427. The zero-order valence-corrected chi connectivity index (χ0v) is 32.3. The Balaban J connectivity index is 0.000000139. The maximum Gasteiger partial charge on any atom is 0.0502 e. The monoisotopic (exact) mass is 854 g/mol. The molecule has 0 aliphatic carbocycles. The van der Waals surface area contributed by atoms with Crippen molar-refractivity contribution in [3.8, 4) is 0 Å². The van der Waals surface area contributed by atoms with E-state index in [1.807, 2.05) is 12.1 Å². The van der Waals surface area contributed by atoms with Gasteiger partial charge in [-0.15, -0.1) is 0 Å². The highest BCUT2D eigenvalue weighted by atomic mass is 127. The molecule has 6 aromatic rings. The van der Waals surface area contributed by atoms with Crippen molar-refractivity contribution in [1.82, 2.24) is 0 Å². The standard InChI is InChI=1S/C21H18BrN.C15H15N.C6H4BrI/c1-21(2)17-10-3-5-12-19(17)23(16-9-7-8-15(22)14-16)20-13-6-4-11-18(20)21;1-15(2)11-7-3-5-9-13(11)16-14-10-6-4-8-12(14)15;7-5-2-1-3-6(8)4-5/h3-14H,1-2H3;3-10,16H,1-2H3;1-4H. The van der Waals surface area contributed by atoms with E-state index < -0.39 is 0 Å². The number of rotatable bonds is 1. The fourth-order valence-electron chi connectivity index (χ4n) is 6.59. The molecule has 1 N–H and O–H groups in total. The molecule has 236 valence electrons. The first-order chi connectivity index (χ1) is 22.6. The van der Waals surface area contributed by atoms with Gasteiger partial charge in [-0.2, -0.15) is 0 Å². The second kappa shape index (κ2) is 14.0. The number of nitrogens with zero attached hydrogens (tertiary/aromatic N) is 1. The highest BCUT2D eigenvalue weighted by molar-refractivity contribution is 14.1. The zero-order chi connectivity index (χ0) is 33.2. The molecule has 8 rings (SSSR count). The van der Waals surface area contributed by atoms with Gasteiger partial charge in [-0.25, -0.2) is 0 Å². The van der Waals surface area contributed by atoms with Gasteiger partial charge >= 0.3 is 0 Å². The number of benzene rings is 6. The van der Waals surface area contributed by atoms with Gasteiger partial charge in [-0.3, -0.25) is 0 Å². The second-order valence-electron chi connectivity index (χ2n) is 12.8. The van der Waals surface area contributed by atoms with E-state index in [4.69, 9.17) is 0 Å². The molecule has 2 heterocycles. The molecule has 0 amide bonds. The van der Waals surface area contributed by atoms with Crippen LogP contribution in [0.15, 0.2) is 155 Å². The quantitative estimate of drug-likeness (QED) is 0.166. The summed E-state index contributed by atoms with van der Waals surface area (Å²) in [6, 6.07) is 51.2. The van der Waals surface area contributed by atoms with Crippen molar-refractivity contribution in [1.29, 1.82) is 0 Å². The molecule has 0 saturated carbocycles. The third-order valence-corrected chi connectivity index (χ3v) is 10.6. The lowest BCUT2D eigenvalue weighted by atomic mass is 9.73. The molecule has 0 spiro atoms. The molecule has 5 heteroatoms. The molecular weight excluding hydrogens is 819 g/mol. The van der Waals surface area contributed by atoms with Gasteiger partial charge in [0.2, 0.25) is 0 Å². The zero-order valence-electron chi connectivity index (χ0n) is 26.9. The van der Waals surface area contributed by atoms with E-state index in [9.17, 15) is 0 Å². The van der Waals surface area contributed by atoms with Crippen LogP contribution in [0.3, 0.4) is 0 Å². The first-order valence-electron chi connectivity index (χ1n) is 15.7. The third-order valence-electron chi connectivity index (χ3n) is 8.96. The lowest BCUT2D eigenvalue weighted by molar-refractivity contribution is 0.632. The summed E-state index contributed by atoms with van der Waals surface area (Å²) in [5.74, 6) is 0. The van der Waals surface area contributed by atoms with Crippen LogP contribution >= 0.6 is 54.5 Å².